The highest BCUT2D eigenvalue weighted by atomic mass is 32.2. The van der Waals surface area contributed by atoms with E-state index in [0.29, 0.717) is 0 Å². The van der Waals surface area contributed by atoms with Crippen LogP contribution < -0.4 is 5.32 Å². The molecule has 18 heavy (non-hydrogen) atoms. The molecule has 0 aliphatic heterocycles. The topological polar surface area (TPSA) is 49.3 Å². The van der Waals surface area contributed by atoms with E-state index >= 15 is 0 Å². The lowest BCUT2D eigenvalue weighted by Crippen LogP contribution is -2.39. The summed E-state index contributed by atoms with van der Waals surface area (Å²) in [4.78, 5) is 12.5. The molecule has 0 saturated heterocycles. The molecule has 0 aliphatic carbocycles. The highest BCUT2D eigenvalue weighted by Gasteiger charge is 2.13. The summed E-state index contributed by atoms with van der Waals surface area (Å²) in [7, 11) is 0. The fraction of sp³-hybridized carbons (Fsp3) is 0.462. The monoisotopic (exact) mass is 271 g/mol. The van der Waals surface area contributed by atoms with Gasteiger partial charge in [0, 0.05) is 17.5 Å². The number of carbonyl (C=O) groups excluding carboxylic acids is 1. The molecule has 0 aromatic heterocycles. The first-order chi connectivity index (χ1) is 8.52. The van der Waals surface area contributed by atoms with Gasteiger partial charge >= 0.3 is 0 Å². The predicted octanol–water partition coefficient (Wildman–Crippen LogP) is 2.05. The zero-order chi connectivity index (χ0) is 13.5. The molecule has 0 bridgehead atoms. The van der Waals surface area contributed by atoms with Crippen LogP contribution in [-0.2, 0) is 4.79 Å². The van der Waals surface area contributed by atoms with Crippen LogP contribution >= 0.6 is 11.8 Å². The van der Waals surface area contributed by atoms with Crippen LogP contribution in [0.5, 0.6) is 0 Å². The van der Waals surface area contributed by atoms with Crippen molar-refractivity contribution in [3.63, 3.8) is 0 Å². The minimum atomic E-state index is -0.283. The van der Waals surface area contributed by atoms with Crippen LogP contribution in [0.1, 0.15) is 13.8 Å². The maximum atomic E-state index is 12.7. The van der Waals surface area contributed by atoms with Crippen molar-refractivity contribution in [2.45, 2.75) is 24.8 Å². The standard InChI is InChI=1S/C13H18FNO2S/c1-9(7-16)10(2)15-13(17)8-18-12-5-3-11(14)4-6-12/h3-6,9-10,16H,7-8H2,1-2H3,(H,15,17). The van der Waals surface area contributed by atoms with Crippen molar-refractivity contribution in [3.05, 3.63) is 30.1 Å². The number of aliphatic hydroxyl groups excluding tert-OH is 1. The lowest BCUT2D eigenvalue weighted by atomic mass is 10.1. The molecule has 0 fully saturated rings. The molecule has 100 valence electrons. The first-order valence-electron chi connectivity index (χ1n) is 5.81. The van der Waals surface area contributed by atoms with Crippen LogP contribution in [0.2, 0.25) is 0 Å². The molecule has 1 aromatic rings. The number of halogens is 1. The highest BCUT2D eigenvalue weighted by molar-refractivity contribution is 8.00. The van der Waals surface area contributed by atoms with Crippen molar-refractivity contribution < 1.29 is 14.3 Å². The first kappa shape index (κ1) is 15.0. The number of aliphatic hydroxyl groups is 1. The lowest BCUT2D eigenvalue weighted by Gasteiger charge is -2.19. The van der Waals surface area contributed by atoms with E-state index in [0.717, 1.165) is 4.90 Å². The zero-order valence-electron chi connectivity index (χ0n) is 10.5. The molecule has 5 heteroatoms. The second-order valence-electron chi connectivity index (χ2n) is 4.26. The van der Waals surface area contributed by atoms with Crippen molar-refractivity contribution >= 4 is 17.7 Å². The normalized spacial score (nSPS) is 14.0. The molecule has 0 radical (unpaired) electrons. The predicted molar refractivity (Wildman–Crippen MR) is 71.0 cm³/mol. The fourth-order valence-electron chi connectivity index (χ4n) is 1.28. The summed E-state index contributed by atoms with van der Waals surface area (Å²) in [6.45, 7) is 3.78. The van der Waals surface area contributed by atoms with Gasteiger partial charge in [-0.15, -0.1) is 11.8 Å². The van der Waals surface area contributed by atoms with Crippen molar-refractivity contribution in [3.8, 4) is 0 Å². The van der Waals surface area contributed by atoms with Crippen LogP contribution in [0.3, 0.4) is 0 Å². The molecular formula is C13H18FNO2S. The summed E-state index contributed by atoms with van der Waals surface area (Å²) in [5, 5.41) is 11.8. The van der Waals surface area contributed by atoms with Crippen molar-refractivity contribution in [1.29, 1.82) is 0 Å². The minimum absolute atomic E-state index is 0.0322. The van der Waals surface area contributed by atoms with Crippen molar-refractivity contribution in [2.24, 2.45) is 5.92 Å². The average Bonchev–Trinajstić information content (AvgIpc) is 2.37. The average molecular weight is 271 g/mol. The van der Waals surface area contributed by atoms with Gasteiger partial charge in [0.15, 0.2) is 0 Å². The third-order valence-electron chi connectivity index (χ3n) is 2.71. The van der Waals surface area contributed by atoms with Crippen molar-refractivity contribution in [2.75, 3.05) is 12.4 Å². The Morgan fingerprint density at radius 1 is 1.39 bits per heavy atom. The Morgan fingerprint density at radius 2 is 2.00 bits per heavy atom. The van der Waals surface area contributed by atoms with Crippen LogP contribution in [0.4, 0.5) is 4.39 Å². The van der Waals surface area contributed by atoms with Crippen molar-refractivity contribution in [1.82, 2.24) is 5.32 Å². The second-order valence-corrected chi connectivity index (χ2v) is 5.31. The molecule has 2 atom stereocenters. The number of nitrogens with one attached hydrogen (secondary N) is 1. The van der Waals surface area contributed by atoms with Crippen LogP contribution in [0.25, 0.3) is 0 Å². The Bertz CT molecular complexity index is 383. The molecule has 0 heterocycles. The summed E-state index contributed by atoms with van der Waals surface area (Å²) in [5.74, 6) is -0.0511. The maximum Gasteiger partial charge on any atom is 0.230 e. The van der Waals surface area contributed by atoms with Gasteiger partial charge in [-0.05, 0) is 37.1 Å². The Hall–Kier alpha value is -1.07. The Labute approximate surface area is 111 Å². The maximum absolute atomic E-state index is 12.7. The summed E-state index contributed by atoms with van der Waals surface area (Å²) in [6.07, 6.45) is 0. The van der Waals surface area contributed by atoms with Gasteiger partial charge in [0.25, 0.3) is 0 Å². The molecule has 2 unspecified atom stereocenters. The van der Waals surface area contributed by atoms with E-state index in [9.17, 15) is 9.18 Å². The Kier molecular flexibility index (Phi) is 6.15. The molecule has 0 saturated carbocycles. The third kappa shape index (κ3) is 5.06. The number of hydrogen-bond acceptors (Lipinski definition) is 3. The Morgan fingerprint density at radius 3 is 2.56 bits per heavy atom. The lowest BCUT2D eigenvalue weighted by molar-refractivity contribution is -0.119. The fourth-order valence-corrected chi connectivity index (χ4v) is 1.99. The second kappa shape index (κ2) is 7.38. The number of thioether (sulfide) groups is 1. The molecule has 1 aromatic carbocycles. The van der Waals surface area contributed by atoms with E-state index in [4.69, 9.17) is 5.11 Å². The first-order valence-corrected chi connectivity index (χ1v) is 6.80. The molecule has 3 nitrogen and oxygen atoms in total. The molecule has 2 N–H and O–H groups in total. The van der Waals surface area contributed by atoms with Gasteiger partial charge in [0.2, 0.25) is 5.91 Å². The number of hydrogen-bond donors (Lipinski definition) is 2. The molecule has 0 aliphatic rings. The van der Waals surface area contributed by atoms with Gasteiger partial charge in [0.1, 0.15) is 5.82 Å². The van der Waals surface area contributed by atoms with E-state index in [2.05, 4.69) is 5.32 Å². The highest BCUT2D eigenvalue weighted by Crippen LogP contribution is 2.17. The van der Waals surface area contributed by atoms with Crippen LogP contribution in [-0.4, -0.2) is 29.4 Å². The summed E-state index contributed by atoms with van der Waals surface area (Å²) in [5.41, 5.74) is 0. The molecular weight excluding hydrogens is 253 g/mol. The smallest absolute Gasteiger partial charge is 0.230 e. The molecule has 1 amide bonds. The van der Waals surface area contributed by atoms with Gasteiger partial charge in [-0.2, -0.15) is 0 Å². The number of benzene rings is 1. The summed E-state index contributed by atoms with van der Waals surface area (Å²) < 4.78 is 12.7. The Balaban J connectivity index is 2.35. The zero-order valence-corrected chi connectivity index (χ0v) is 11.3. The van der Waals surface area contributed by atoms with E-state index in [1.54, 1.807) is 12.1 Å². The quantitative estimate of drug-likeness (QED) is 0.779. The summed E-state index contributed by atoms with van der Waals surface area (Å²) >= 11 is 1.36. The number of rotatable bonds is 6. The summed E-state index contributed by atoms with van der Waals surface area (Å²) in [6, 6.07) is 5.98. The molecule has 1 rings (SSSR count). The third-order valence-corrected chi connectivity index (χ3v) is 3.73. The van der Waals surface area contributed by atoms with E-state index in [1.807, 2.05) is 13.8 Å². The van der Waals surface area contributed by atoms with Gasteiger partial charge < -0.3 is 10.4 Å². The minimum Gasteiger partial charge on any atom is -0.396 e. The van der Waals surface area contributed by atoms with Gasteiger partial charge in [0.05, 0.1) is 5.75 Å². The van der Waals surface area contributed by atoms with E-state index < -0.39 is 0 Å². The number of carbonyl (C=O) groups is 1. The molecule has 0 spiro atoms. The van der Waals surface area contributed by atoms with Gasteiger partial charge in [-0.1, -0.05) is 6.92 Å². The van der Waals surface area contributed by atoms with E-state index in [-0.39, 0.29) is 36.0 Å². The van der Waals surface area contributed by atoms with Gasteiger partial charge in [-0.25, -0.2) is 4.39 Å². The SMILES string of the molecule is CC(CO)C(C)NC(=O)CSc1ccc(F)cc1. The van der Waals surface area contributed by atoms with Crippen LogP contribution in [0.15, 0.2) is 29.2 Å². The van der Waals surface area contributed by atoms with Gasteiger partial charge in [-0.3, -0.25) is 4.79 Å². The number of amides is 1. The van der Waals surface area contributed by atoms with Crippen LogP contribution in [0, 0.1) is 11.7 Å². The van der Waals surface area contributed by atoms with E-state index in [1.165, 1.54) is 23.9 Å². The largest absolute Gasteiger partial charge is 0.396 e.